The smallest absolute Gasteiger partial charge is 0.411 e. The van der Waals surface area contributed by atoms with Crippen molar-refractivity contribution in [3.8, 4) is 0 Å². The van der Waals surface area contributed by atoms with E-state index < -0.39 is 0 Å². The number of anilines is 2. The Bertz CT molecular complexity index is 799. The number of nitrogens with zero attached hydrogens (tertiary/aromatic N) is 2. The van der Waals surface area contributed by atoms with Crippen molar-refractivity contribution in [2.45, 2.75) is 54.4 Å². The van der Waals surface area contributed by atoms with Crippen LogP contribution in [0.25, 0.3) is 0 Å². The molecule has 0 saturated carbocycles. The van der Waals surface area contributed by atoms with Gasteiger partial charge in [0.1, 0.15) is 0 Å². The molecular formula is C24H32CoN2S4. The second-order valence-corrected chi connectivity index (χ2v) is 9.34. The summed E-state index contributed by atoms with van der Waals surface area (Å²) < 4.78 is 1.07. The van der Waals surface area contributed by atoms with Gasteiger partial charge < -0.3 is 59.5 Å². The van der Waals surface area contributed by atoms with E-state index in [2.05, 4.69) is 65.8 Å². The monoisotopic (exact) mass is 535 g/mol. The molecule has 2 aromatic carbocycles. The van der Waals surface area contributed by atoms with Gasteiger partial charge >= 0.3 is 16.8 Å². The molecule has 0 aliphatic heterocycles. The van der Waals surface area contributed by atoms with Crippen molar-refractivity contribution < 1.29 is 16.8 Å². The summed E-state index contributed by atoms with van der Waals surface area (Å²) in [5.41, 5.74) is 7.38. The molecule has 7 heteroatoms. The quantitative estimate of drug-likeness (QED) is 0.298. The average Bonchev–Trinajstić information content (AvgIpc) is 2.69. The zero-order valence-electron chi connectivity index (χ0n) is 19.2. The van der Waals surface area contributed by atoms with Crippen molar-refractivity contribution in [3.63, 3.8) is 0 Å². The van der Waals surface area contributed by atoms with Gasteiger partial charge in [0.25, 0.3) is 0 Å². The number of aryl methyl sites for hydroxylation is 2. The first-order valence-electron chi connectivity index (χ1n) is 10.2. The Morgan fingerprint density at radius 3 is 1.29 bits per heavy atom. The molecule has 171 valence electrons. The molecule has 2 aromatic rings. The fourth-order valence-electron chi connectivity index (χ4n) is 3.12. The Morgan fingerprint density at radius 1 is 0.710 bits per heavy atom. The molecule has 0 fully saturated rings. The first kappa shape index (κ1) is 30.2. The van der Waals surface area contributed by atoms with Crippen molar-refractivity contribution >= 4 is 69.7 Å². The summed E-state index contributed by atoms with van der Waals surface area (Å²) in [6, 6.07) is 12.5. The van der Waals surface area contributed by atoms with E-state index in [-0.39, 0.29) is 16.8 Å². The molecule has 0 aliphatic carbocycles. The van der Waals surface area contributed by atoms with E-state index in [1.54, 1.807) is 0 Å². The molecule has 0 aromatic heterocycles. The molecule has 0 amide bonds. The molecule has 0 heterocycles. The Balaban J connectivity index is 0.000000562. The Labute approximate surface area is 221 Å². The van der Waals surface area contributed by atoms with Crippen LogP contribution in [0.15, 0.2) is 36.4 Å². The standard InChI is InChI=1S/2C12H17NS2.Co/c2*1-4-8-13(12(14)15)11-7-5-6-9(2)10(11)3;/h2*5-7H,4,8H2,1-3H3,(H,14,15);/q;;+2/p-2. The first-order valence-corrected chi connectivity index (χ1v) is 11.9. The summed E-state index contributed by atoms with van der Waals surface area (Å²) in [5.74, 6) is 0. The van der Waals surface area contributed by atoms with Crippen LogP contribution in [-0.4, -0.2) is 21.7 Å². The van der Waals surface area contributed by atoms with E-state index in [0.29, 0.717) is 8.64 Å². The second-order valence-electron chi connectivity index (χ2n) is 7.27. The largest absolute Gasteiger partial charge is 2.00 e. The first-order chi connectivity index (χ1) is 14.1. The molecule has 31 heavy (non-hydrogen) atoms. The van der Waals surface area contributed by atoms with Crippen molar-refractivity contribution in [1.29, 1.82) is 0 Å². The third-order valence-electron chi connectivity index (χ3n) is 5.07. The molecule has 0 unspecified atom stereocenters. The maximum Gasteiger partial charge on any atom is 2.00 e. The van der Waals surface area contributed by atoms with E-state index in [1.807, 2.05) is 21.9 Å². The molecule has 0 spiro atoms. The van der Waals surface area contributed by atoms with Crippen LogP contribution >= 0.6 is 24.4 Å². The van der Waals surface area contributed by atoms with Gasteiger partial charge in [-0.25, -0.2) is 0 Å². The number of hydrogen-bond donors (Lipinski definition) is 0. The summed E-state index contributed by atoms with van der Waals surface area (Å²) in [6.07, 6.45) is 2.09. The minimum atomic E-state index is 0. The predicted octanol–water partition coefficient (Wildman–Crippen LogP) is 6.70. The minimum Gasteiger partial charge on any atom is -0.411 e. The van der Waals surface area contributed by atoms with Crippen LogP contribution in [-0.2, 0) is 42.0 Å². The van der Waals surface area contributed by atoms with E-state index in [0.717, 1.165) is 37.3 Å². The second kappa shape index (κ2) is 15.1. The molecule has 0 bridgehead atoms. The maximum absolute atomic E-state index is 5.11. The number of thiocarbonyl (C=S) groups is 2. The van der Waals surface area contributed by atoms with Crippen molar-refractivity contribution in [2.75, 3.05) is 22.9 Å². The molecule has 0 atom stereocenters. The summed E-state index contributed by atoms with van der Waals surface area (Å²) in [6.45, 7) is 14.5. The van der Waals surface area contributed by atoms with E-state index in [4.69, 9.17) is 49.7 Å². The number of rotatable bonds is 6. The van der Waals surface area contributed by atoms with Gasteiger partial charge in [0, 0.05) is 24.5 Å². The van der Waals surface area contributed by atoms with Gasteiger partial charge in [-0.1, -0.05) is 46.8 Å². The fraction of sp³-hybridized carbons (Fsp3) is 0.417. The van der Waals surface area contributed by atoms with Gasteiger partial charge in [0.2, 0.25) is 0 Å². The molecule has 1 radical (unpaired) electrons. The fourth-order valence-corrected chi connectivity index (χ4v) is 3.88. The molecule has 2 nitrogen and oxygen atoms in total. The topological polar surface area (TPSA) is 6.48 Å². The van der Waals surface area contributed by atoms with Gasteiger partial charge in [-0.15, -0.1) is 0 Å². The van der Waals surface area contributed by atoms with Crippen LogP contribution in [0, 0.1) is 27.7 Å². The normalized spacial score (nSPS) is 9.74. The Kier molecular flexibility index (Phi) is 14.7. The molecule has 2 rings (SSSR count). The molecule has 0 aliphatic rings. The third kappa shape index (κ3) is 8.90. The average molecular weight is 536 g/mol. The Morgan fingerprint density at radius 2 is 1.03 bits per heavy atom. The van der Waals surface area contributed by atoms with Crippen molar-refractivity contribution in [2.24, 2.45) is 0 Å². The number of hydrogen-bond acceptors (Lipinski definition) is 4. The van der Waals surface area contributed by atoms with Gasteiger partial charge in [0.05, 0.1) is 0 Å². The number of benzene rings is 2. The van der Waals surface area contributed by atoms with Gasteiger partial charge in [-0.3, -0.25) is 0 Å². The van der Waals surface area contributed by atoms with Crippen LogP contribution in [0.1, 0.15) is 48.9 Å². The van der Waals surface area contributed by atoms with Gasteiger partial charge in [-0.2, -0.15) is 0 Å². The van der Waals surface area contributed by atoms with Gasteiger partial charge in [-0.05, 0) is 74.9 Å². The van der Waals surface area contributed by atoms with Crippen molar-refractivity contribution in [1.82, 2.24) is 0 Å². The molecule has 0 saturated heterocycles. The SMILES string of the molecule is CCCN(C(=S)[S-])c1cccc(C)c1C.CCCN(C(=S)[S-])c1cccc(C)c1C.[Co+2]. The predicted molar refractivity (Wildman–Crippen MR) is 147 cm³/mol. The molecular weight excluding hydrogens is 503 g/mol. The summed E-state index contributed by atoms with van der Waals surface area (Å²) in [7, 11) is 0. The van der Waals surface area contributed by atoms with Crippen LogP contribution in [0.5, 0.6) is 0 Å². The summed E-state index contributed by atoms with van der Waals surface area (Å²) in [5, 5.41) is 0. The summed E-state index contributed by atoms with van der Waals surface area (Å²) >= 11 is 20.4. The minimum absolute atomic E-state index is 0. The third-order valence-corrected chi connectivity index (χ3v) is 5.95. The van der Waals surface area contributed by atoms with Crippen molar-refractivity contribution in [3.05, 3.63) is 58.7 Å². The molecule has 0 N–H and O–H groups in total. The maximum atomic E-state index is 5.11. The van der Waals surface area contributed by atoms with E-state index in [1.165, 1.54) is 22.3 Å². The summed E-state index contributed by atoms with van der Waals surface area (Å²) in [4.78, 5) is 4.07. The van der Waals surface area contributed by atoms with Crippen LogP contribution in [0.3, 0.4) is 0 Å². The van der Waals surface area contributed by atoms with Crippen LogP contribution in [0.2, 0.25) is 0 Å². The Hall–Kier alpha value is -0.834. The van der Waals surface area contributed by atoms with Gasteiger partial charge in [0.15, 0.2) is 0 Å². The zero-order chi connectivity index (χ0) is 22.8. The van der Waals surface area contributed by atoms with E-state index in [9.17, 15) is 0 Å². The van der Waals surface area contributed by atoms with Crippen LogP contribution in [0.4, 0.5) is 11.4 Å². The van der Waals surface area contributed by atoms with Crippen LogP contribution < -0.4 is 9.80 Å². The van der Waals surface area contributed by atoms with E-state index >= 15 is 0 Å². The zero-order valence-corrected chi connectivity index (χ0v) is 23.5.